The maximum absolute atomic E-state index is 6.75. The van der Waals surface area contributed by atoms with Crippen molar-refractivity contribution in [3.05, 3.63) is 152 Å². The molecule has 210 valence electrons. The Morgan fingerprint density at radius 2 is 1.02 bits per heavy atom. The zero-order valence-corrected chi connectivity index (χ0v) is 24.2. The topological polar surface area (TPSA) is 51.8 Å². The van der Waals surface area contributed by atoms with Crippen LogP contribution in [0.25, 0.3) is 88.8 Å². The van der Waals surface area contributed by atoms with Crippen molar-refractivity contribution >= 4 is 43.6 Å². The first-order valence-corrected chi connectivity index (χ1v) is 15.0. The van der Waals surface area contributed by atoms with Gasteiger partial charge in [-0.1, -0.05) is 127 Å². The first kappa shape index (κ1) is 25.4. The molecule has 0 spiro atoms. The zero-order chi connectivity index (χ0) is 29.7. The molecule has 6 aromatic carbocycles. The molecular formula is C41H25N3O. The Morgan fingerprint density at radius 3 is 1.78 bits per heavy atom. The molecule has 0 saturated heterocycles. The summed E-state index contributed by atoms with van der Waals surface area (Å²) < 4.78 is 6.75. The average molecular weight is 576 g/mol. The standard InChI is InChI=1S/C41H25N3O/c1-4-14-26(15-5-1)34-25-35(44-41(43-34)28-18-8-3-9-19-28)31-24-32-37(38-30-21-11-13-23-36(30)45-40(31)38)29-20-10-12-22-33(29)42-39(32)27-16-6-2-7-17-27/h1-25H. The third-order valence-corrected chi connectivity index (χ3v) is 8.46. The van der Waals surface area contributed by atoms with Crippen LogP contribution in [0.4, 0.5) is 0 Å². The molecular weight excluding hydrogens is 550 g/mol. The van der Waals surface area contributed by atoms with Gasteiger partial charge in [0.25, 0.3) is 0 Å². The number of hydrogen-bond donors (Lipinski definition) is 0. The fourth-order valence-corrected chi connectivity index (χ4v) is 6.39. The van der Waals surface area contributed by atoms with Crippen LogP contribution in [-0.2, 0) is 0 Å². The van der Waals surface area contributed by atoms with Gasteiger partial charge in [-0.25, -0.2) is 15.0 Å². The minimum atomic E-state index is 0.663. The Bertz CT molecular complexity index is 2460. The van der Waals surface area contributed by atoms with E-state index in [0.717, 1.165) is 82.9 Å². The van der Waals surface area contributed by atoms with Crippen LogP contribution < -0.4 is 0 Å². The Hall–Kier alpha value is -6.13. The van der Waals surface area contributed by atoms with Crippen LogP contribution in [0, 0.1) is 0 Å². The van der Waals surface area contributed by atoms with E-state index in [4.69, 9.17) is 19.4 Å². The maximum Gasteiger partial charge on any atom is 0.160 e. The summed E-state index contributed by atoms with van der Waals surface area (Å²) in [6.07, 6.45) is 0. The monoisotopic (exact) mass is 575 g/mol. The smallest absolute Gasteiger partial charge is 0.160 e. The zero-order valence-electron chi connectivity index (χ0n) is 24.2. The molecule has 4 heteroatoms. The van der Waals surface area contributed by atoms with Gasteiger partial charge in [0.15, 0.2) is 5.82 Å². The predicted molar refractivity (Wildman–Crippen MR) is 184 cm³/mol. The molecule has 45 heavy (non-hydrogen) atoms. The molecule has 0 saturated carbocycles. The molecule has 4 nitrogen and oxygen atoms in total. The largest absolute Gasteiger partial charge is 0.455 e. The molecule has 3 heterocycles. The molecule has 0 radical (unpaired) electrons. The number of benzene rings is 6. The van der Waals surface area contributed by atoms with E-state index in [9.17, 15) is 0 Å². The van der Waals surface area contributed by atoms with Crippen molar-refractivity contribution in [2.24, 2.45) is 0 Å². The summed E-state index contributed by atoms with van der Waals surface area (Å²) in [5.74, 6) is 0.663. The van der Waals surface area contributed by atoms with Crippen molar-refractivity contribution in [2.75, 3.05) is 0 Å². The van der Waals surface area contributed by atoms with E-state index >= 15 is 0 Å². The average Bonchev–Trinajstić information content (AvgIpc) is 3.51. The van der Waals surface area contributed by atoms with Crippen molar-refractivity contribution in [3.63, 3.8) is 0 Å². The van der Waals surface area contributed by atoms with E-state index in [-0.39, 0.29) is 0 Å². The summed E-state index contributed by atoms with van der Waals surface area (Å²) in [7, 11) is 0. The van der Waals surface area contributed by atoms with Crippen LogP contribution in [-0.4, -0.2) is 15.0 Å². The van der Waals surface area contributed by atoms with Crippen LogP contribution in [0.15, 0.2) is 156 Å². The lowest BCUT2D eigenvalue weighted by Gasteiger charge is -2.14. The molecule has 9 aromatic rings. The normalized spacial score (nSPS) is 11.6. The molecule has 0 aliphatic rings. The van der Waals surface area contributed by atoms with Gasteiger partial charge in [0, 0.05) is 49.2 Å². The van der Waals surface area contributed by atoms with E-state index in [2.05, 4.69) is 91.0 Å². The predicted octanol–water partition coefficient (Wildman–Crippen LogP) is 10.7. The lowest BCUT2D eigenvalue weighted by molar-refractivity contribution is 0.670. The number of furan rings is 1. The van der Waals surface area contributed by atoms with E-state index in [1.54, 1.807) is 0 Å². The second-order valence-corrected chi connectivity index (χ2v) is 11.2. The van der Waals surface area contributed by atoms with Crippen molar-refractivity contribution in [3.8, 4) is 45.2 Å². The number of rotatable bonds is 4. The van der Waals surface area contributed by atoms with Crippen molar-refractivity contribution in [1.29, 1.82) is 0 Å². The molecule has 9 rings (SSSR count). The summed E-state index contributed by atoms with van der Waals surface area (Å²) in [5, 5.41) is 5.40. The van der Waals surface area contributed by atoms with Crippen LogP contribution in [0.5, 0.6) is 0 Å². The molecule has 3 aromatic heterocycles. The highest BCUT2D eigenvalue weighted by molar-refractivity contribution is 6.30. The fraction of sp³-hybridized carbons (Fsp3) is 0. The molecule has 0 N–H and O–H groups in total. The van der Waals surface area contributed by atoms with Gasteiger partial charge < -0.3 is 4.42 Å². The number of aromatic nitrogens is 3. The highest BCUT2D eigenvalue weighted by Gasteiger charge is 2.22. The summed E-state index contributed by atoms with van der Waals surface area (Å²) in [6, 6.07) is 51.8. The van der Waals surface area contributed by atoms with Gasteiger partial charge >= 0.3 is 0 Å². The SMILES string of the molecule is c1ccc(-c2cc(-c3cc4c(-c5ccccc5)nc5ccccc5c4c4c3oc3ccccc34)nc(-c3ccccc3)n2)cc1. The summed E-state index contributed by atoms with van der Waals surface area (Å²) >= 11 is 0. The van der Waals surface area contributed by atoms with Gasteiger partial charge in [-0.3, -0.25) is 0 Å². The number of para-hydroxylation sites is 2. The van der Waals surface area contributed by atoms with Crippen molar-refractivity contribution in [2.45, 2.75) is 0 Å². The van der Waals surface area contributed by atoms with Crippen molar-refractivity contribution in [1.82, 2.24) is 15.0 Å². The van der Waals surface area contributed by atoms with E-state index in [1.807, 2.05) is 60.7 Å². The minimum absolute atomic E-state index is 0.663. The van der Waals surface area contributed by atoms with Gasteiger partial charge in [0.1, 0.15) is 11.2 Å². The quantitative estimate of drug-likeness (QED) is 0.196. The highest BCUT2D eigenvalue weighted by Crippen LogP contribution is 2.45. The van der Waals surface area contributed by atoms with Crippen LogP contribution in [0.1, 0.15) is 0 Å². The van der Waals surface area contributed by atoms with E-state index in [0.29, 0.717) is 5.82 Å². The van der Waals surface area contributed by atoms with Gasteiger partial charge in [0.2, 0.25) is 0 Å². The molecule has 0 aliphatic carbocycles. The van der Waals surface area contributed by atoms with Gasteiger partial charge in [-0.05, 0) is 24.3 Å². The Labute approximate surface area is 259 Å². The first-order valence-electron chi connectivity index (χ1n) is 15.0. The van der Waals surface area contributed by atoms with Gasteiger partial charge in [-0.2, -0.15) is 0 Å². The van der Waals surface area contributed by atoms with E-state index < -0.39 is 0 Å². The minimum Gasteiger partial charge on any atom is -0.455 e. The molecule has 0 amide bonds. The summed E-state index contributed by atoms with van der Waals surface area (Å²) in [5.41, 5.74) is 9.10. The van der Waals surface area contributed by atoms with Crippen LogP contribution in [0.3, 0.4) is 0 Å². The van der Waals surface area contributed by atoms with Crippen LogP contribution >= 0.6 is 0 Å². The van der Waals surface area contributed by atoms with E-state index in [1.165, 1.54) is 0 Å². The molecule has 0 aliphatic heterocycles. The number of pyridine rings is 1. The summed E-state index contributed by atoms with van der Waals surface area (Å²) in [6.45, 7) is 0. The third kappa shape index (κ3) is 4.19. The fourth-order valence-electron chi connectivity index (χ4n) is 6.39. The van der Waals surface area contributed by atoms with Gasteiger partial charge in [0.05, 0.1) is 22.6 Å². The Balaban J connectivity index is 1.46. The first-order chi connectivity index (χ1) is 22.3. The lowest BCUT2D eigenvalue weighted by atomic mass is 9.93. The Morgan fingerprint density at radius 1 is 0.422 bits per heavy atom. The number of hydrogen-bond acceptors (Lipinski definition) is 4. The second kappa shape index (κ2) is 10.2. The number of fused-ring (bicyclic) bond motifs is 7. The molecule has 0 atom stereocenters. The number of nitrogens with zero attached hydrogens (tertiary/aromatic N) is 3. The third-order valence-electron chi connectivity index (χ3n) is 8.46. The van der Waals surface area contributed by atoms with Crippen LogP contribution in [0.2, 0.25) is 0 Å². The Kier molecular flexibility index (Phi) is 5.78. The maximum atomic E-state index is 6.75. The molecule has 0 bridgehead atoms. The van der Waals surface area contributed by atoms with Crippen molar-refractivity contribution < 1.29 is 4.42 Å². The lowest BCUT2D eigenvalue weighted by Crippen LogP contribution is -1.97. The molecule has 0 fully saturated rings. The highest BCUT2D eigenvalue weighted by atomic mass is 16.3. The second-order valence-electron chi connectivity index (χ2n) is 11.2. The van der Waals surface area contributed by atoms with Gasteiger partial charge in [-0.15, -0.1) is 0 Å². The summed E-state index contributed by atoms with van der Waals surface area (Å²) in [4.78, 5) is 15.5. The molecule has 0 unspecified atom stereocenters.